The van der Waals surface area contributed by atoms with E-state index in [9.17, 15) is 0 Å². The van der Waals surface area contributed by atoms with Gasteiger partial charge < -0.3 is 5.32 Å². The summed E-state index contributed by atoms with van der Waals surface area (Å²) in [6.07, 6.45) is 4.07. The van der Waals surface area contributed by atoms with Gasteiger partial charge in [-0.25, -0.2) is 4.98 Å². The number of rotatable bonds is 3. The lowest BCUT2D eigenvalue weighted by Crippen LogP contribution is -2.42. The zero-order valence-electron chi connectivity index (χ0n) is 9.00. The van der Waals surface area contributed by atoms with E-state index < -0.39 is 0 Å². The number of aryl methyl sites for hydroxylation is 1. The van der Waals surface area contributed by atoms with Crippen LogP contribution >= 0.6 is 11.5 Å². The molecular formula is C10H17N3S. The lowest BCUT2D eigenvalue weighted by molar-refractivity contribution is 0.215. The van der Waals surface area contributed by atoms with Crippen molar-refractivity contribution in [3.05, 3.63) is 5.82 Å². The summed E-state index contributed by atoms with van der Waals surface area (Å²) in [6, 6.07) is 0. The van der Waals surface area contributed by atoms with Gasteiger partial charge in [-0.15, -0.1) is 0 Å². The van der Waals surface area contributed by atoms with Crippen LogP contribution in [0.25, 0.3) is 0 Å². The van der Waals surface area contributed by atoms with Crippen molar-refractivity contribution in [2.75, 3.05) is 5.32 Å². The Labute approximate surface area is 89.1 Å². The molecule has 1 N–H and O–H groups in total. The number of hydrogen-bond donors (Lipinski definition) is 1. The molecule has 4 heteroatoms. The van der Waals surface area contributed by atoms with Gasteiger partial charge in [-0.3, -0.25) is 0 Å². The molecule has 0 unspecified atom stereocenters. The van der Waals surface area contributed by atoms with E-state index in [4.69, 9.17) is 0 Å². The molecule has 0 spiro atoms. The quantitative estimate of drug-likeness (QED) is 0.835. The highest BCUT2D eigenvalue weighted by Gasteiger charge is 2.34. The van der Waals surface area contributed by atoms with Gasteiger partial charge in [-0.05, 0) is 39.5 Å². The second-order valence-electron chi connectivity index (χ2n) is 4.62. The maximum Gasteiger partial charge on any atom is 0.202 e. The number of anilines is 1. The molecule has 1 fully saturated rings. The molecule has 1 heterocycles. The van der Waals surface area contributed by atoms with Crippen LogP contribution in [-0.4, -0.2) is 14.9 Å². The summed E-state index contributed by atoms with van der Waals surface area (Å²) in [5.74, 6) is 1.66. The summed E-state index contributed by atoms with van der Waals surface area (Å²) in [4.78, 5) is 4.33. The van der Waals surface area contributed by atoms with Gasteiger partial charge in [-0.1, -0.05) is 6.42 Å². The standard InChI is InChI=1S/C10H17N3S/c1-7-11-9(14-13-7)12-10(2,3)8-5-4-6-8/h8H,4-6H2,1-3H3,(H,11,12,13). The normalized spacial score (nSPS) is 17.9. The summed E-state index contributed by atoms with van der Waals surface area (Å²) in [5.41, 5.74) is 0.171. The highest BCUT2D eigenvalue weighted by atomic mass is 32.1. The van der Waals surface area contributed by atoms with E-state index in [2.05, 4.69) is 28.5 Å². The lowest BCUT2D eigenvalue weighted by Gasteiger charge is -2.40. The number of aromatic nitrogens is 2. The van der Waals surface area contributed by atoms with Crippen LogP contribution in [0.1, 0.15) is 38.9 Å². The molecule has 0 bridgehead atoms. The van der Waals surface area contributed by atoms with Gasteiger partial charge in [-0.2, -0.15) is 4.37 Å². The van der Waals surface area contributed by atoms with Crippen LogP contribution in [0.2, 0.25) is 0 Å². The van der Waals surface area contributed by atoms with E-state index in [0.29, 0.717) is 0 Å². The fourth-order valence-electron chi connectivity index (χ4n) is 1.86. The molecule has 0 radical (unpaired) electrons. The van der Waals surface area contributed by atoms with Crippen molar-refractivity contribution < 1.29 is 0 Å². The Morgan fingerprint density at radius 2 is 2.14 bits per heavy atom. The zero-order valence-corrected chi connectivity index (χ0v) is 9.82. The predicted molar refractivity (Wildman–Crippen MR) is 59.7 cm³/mol. The summed E-state index contributed by atoms with van der Waals surface area (Å²) in [6.45, 7) is 6.44. The largest absolute Gasteiger partial charge is 0.355 e. The van der Waals surface area contributed by atoms with Crippen molar-refractivity contribution in [1.82, 2.24) is 9.36 Å². The molecule has 0 amide bonds. The molecule has 3 nitrogen and oxygen atoms in total. The molecule has 1 aliphatic rings. The Morgan fingerprint density at radius 3 is 2.57 bits per heavy atom. The van der Waals surface area contributed by atoms with Crippen molar-refractivity contribution >= 4 is 16.7 Å². The third-order valence-electron chi connectivity index (χ3n) is 3.08. The molecule has 14 heavy (non-hydrogen) atoms. The van der Waals surface area contributed by atoms with Crippen molar-refractivity contribution in [1.29, 1.82) is 0 Å². The van der Waals surface area contributed by atoms with Crippen LogP contribution in [0.15, 0.2) is 0 Å². The molecule has 1 aromatic heterocycles. The maximum absolute atomic E-state index is 4.33. The van der Waals surface area contributed by atoms with Crippen LogP contribution < -0.4 is 5.32 Å². The molecule has 1 saturated carbocycles. The monoisotopic (exact) mass is 211 g/mol. The van der Waals surface area contributed by atoms with Crippen LogP contribution in [-0.2, 0) is 0 Å². The lowest BCUT2D eigenvalue weighted by atomic mass is 9.73. The van der Waals surface area contributed by atoms with Crippen LogP contribution in [0, 0.1) is 12.8 Å². The third kappa shape index (κ3) is 1.90. The molecule has 2 rings (SSSR count). The maximum atomic E-state index is 4.33. The van der Waals surface area contributed by atoms with Crippen LogP contribution in [0.5, 0.6) is 0 Å². The third-order valence-corrected chi connectivity index (χ3v) is 3.80. The van der Waals surface area contributed by atoms with Gasteiger partial charge >= 0.3 is 0 Å². The number of hydrogen-bond acceptors (Lipinski definition) is 4. The SMILES string of the molecule is Cc1nsc(NC(C)(C)C2CCC2)n1. The van der Waals surface area contributed by atoms with E-state index in [1.807, 2.05) is 6.92 Å². The topological polar surface area (TPSA) is 37.8 Å². The van der Waals surface area contributed by atoms with Gasteiger partial charge in [0.1, 0.15) is 5.82 Å². The first kappa shape index (κ1) is 9.90. The van der Waals surface area contributed by atoms with E-state index in [0.717, 1.165) is 16.9 Å². The molecule has 0 aliphatic heterocycles. The predicted octanol–water partition coefficient (Wildman–Crippen LogP) is 2.84. The van der Waals surface area contributed by atoms with Crippen molar-refractivity contribution in [2.45, 2.75) is 45.6 Å². The Hall–Kier alpha value is -0.640. The zero-order chi connectivity index (χ0) is 10.2. The Balaban J connectivity index is 2.01. The minimum absolute atomic E-state index is 0.171. The molecule has 0 aromatic carbocycles. The van der Waals surface area contributed by atoms with Crippen LogP contribution in [0.4, 0.5) is 5.13 Å². The van der Waals surface area contributed by atoms with Gasteiger partial charge in [0.15, 0.2) is 0 Å². The van der Waals surface area contributed by atoms with Gasteiger partial charge in [0.2, 0.25) is 5.13 Å². The molecule has 0 saturated heterocycles. The molecule has 1 aromatic rings. The second-order valence-corrected chi connectivity index (χ2v) is 5.37. The fourth-order valence-corrected chi connectivity index (χ4v) is 2.60. The van der Waals surface area contributed by atoms with Crippen molar-refractivity contribution in [3.63, 3.8) is 0 Å². The summed E-state index contributed by atoms with van der Waals surface area (Å²) < 4.78 is 4.17. The minimum Gasteiger partial charge on any atom is -0.355 e. The molecular weight excluding hydrogens is 194 g/mol. The number of nitrogens with one attached hydrogen (secondary N) is 1. The van der Waals surface area contributed by atoms with Crippen LogP contribution in [0.3, 0.4) is 0 Å². The highest BCUT2D eigenvalue weighted by molar-refractivity contribution is 7.09. The van der Waals surface area contributed by atoms with Gasteiger partial charge in [0, 0.05) is 17.1 Å². The van der Waals surface area contributed by atoms with E-state index in [-0.39, 0.29) is 5.54 Å². The summed E-state index contributed by atoms with van der Waals surface area (Å²) >= 11 is 1.46. The molecule has 0 atom stereocenters. The molecule has 78 valence electrons. The minimum atomic E-state index is 0.171. The Bertz CT molecular complexity index is 315. The van der Waals surface area contributed by atoms with Crippen molar-refractivity contribution in [2.24, 2.45) is 5.92 Å². The average molecular weight is 211 g/mol. The highest BCUT2D eigenvalue weighted by Crippen LogP contribution is 2.37. The average Bonchev–Trinajstić information content (AvgIpc) is 2.28. The van der Waals surface area contributed by atoms with Gasteiger partial charge in [0.05, 0.1) is 0 Å². The smallest absolute Gasteiger partial charge is 0.202 e. The summed E-state index contributed by atoms with van der Waals surface area (Å²) in [5, 5.41) is 4.44. The first-order valence-corrected chi connectivity index (χ1v) is 5.94. The Morgan fingerprint density at radius 1 is 1.43 bits per heavy atom. The van der Waals surface area contributed by atoms with E-state index in [1.54, 1.807) is 0 Å². The second kappa shape index (κ2) is 3.50. The first-order valence-electron chi connectivity index (χ1n) is 5.16. The number of nitrogens with zero attached hydrogens (tertiary/aromatic N) is 2. The summed E-state index contributed by atoms with van der Waals surface area (Å²) in [7, 11) is 0. The Kier molecular flexibility index (Phi) is 2.47. The van der Waals surface area contributed by atoms with Gasteiger partial charge in [0.25, 0.3) is 0 Å². The fraction of sp³-hybridized carbons (Fsp3) is 0.800. The van der Waals surface area contributed by atoms with E-state index >= 15 is 0 Å². The molecule has 1 aliphatic carbocycles. The van der Waals surface area contributed by atoms with E-state index in [1.165, 1.54) is 30.8 Å². The first-order chi connectivity index (χ1) is 6.58. The van der Waals surface area contributed by atoms with Crippen molar-refractivity contribution in [3.8, 4) is 0 Å².